The molecule has 3 rings (SSSR count). The minimum absolute atomic E-state index is 0.174. The molecule has 1 aromatic carbocycles. The molecule has 0 fully saturated rings. The Hall–Kier alpha value is -4.08. The third-order valence-electron chi connectivity index (χ3n) is 4.69. The first-order valence-electron chi connectivity index (χ1n) is 10.2. The van der Waals surface area contributed by atoms with Crippen LogP contribution in [0.2, 0.25) is 0 Å². The van der Waals surface area contributed by atoms with Crippen molar-refractivity contribution in [3.8, 4) is 6.07 Å². The van der Waals surface area contributed by atoms with E-state index in [9.17, 15) is 25.0 Å². The zero-order chi connectivity index (χ0) is 25.5. The molecule has 0 atom stereocenters. The number of amides is 1. The Morgan fingerprint density at radius 1 is 1.31 bits per heavy atom. The lowest BCUT2D eigenvalue weighted by Crippen LogP contribution is -2.16. The zero-order valence-corrected chi connectivity index (χ0v) is 20.5. The Morgan fingerprint density at radius 2 is 2.03 bits per heavy atom. The largest absolute Gasteiger partial charge is 0.462 e. The van der Waals surface area contributed by atoms with Crippen LogP contribution in [0.1, 0.15) is 33.3 Å². The van der Waals surface area contributed by atoms with Gasteiger partial charge in [-0.05, 0) is 61.9 Å². The monoisotopic (exact) mass is 509 g/mol. The fraction of sp³-hybridized carbons (Fsp3) is 0.174. The zero-order valence-electron chi connectivity index (χ0n) is 18.9. The summed E-state index contributed by atoms with van der Waals surface area (Å²) in [7, 11) is 0. The molecule has 0 aliphatic rings. The number of rotatable bonds is 8. The van der Waals surface area contributed by atoms with Gasteiger partial charge in [-0.2, -0.15) is 5.26 Å². The number of nitro groups is 1. The van der Waals surface area contributed by atoms with Crippen LogP contribution in [0.5, 0.6) is 0 Å². The number of esters is 1. The predicted molar refractivity (Wildman–Crippen MR) is 131 cm³/mol. The number of benzene rings is 1. The number of aromatic nitrogens is 2. The number of ether oxygens (including phenoxy) is 1. The number of hydrogen-bond donors (Lipinski definition) is 1. The van der Waals surface area contributed by atoms with E-state index in [1.807, 2.05) is 6.07 Å². The highest BCUT2D eigenvalue weighted by Crippen LogP contribution is 2.35. The summed E-state index contributed by atoms with van der Waals surface area (Å²) in [5.74, 6) is -1.32. The number of aryl methyl sites for hydroxylation is 1. The quantitative estimate of drug-likeness (QED) is 0.111. The second kappa shape index (κ2) is 11.4. The van der Waals surface area contributed by atoms with E-state index < -0.39 is 16.8 Å². The van der Waals surface area contributed by atoms with E-state index in [-0.39, 0.29) is 34.0 Å². The van der Waals surface area contributed by atoms with Crippen molar-refractivity contribution >= 4 is 51.7 Å². The van der Waals surface area contributed by atoms with Gasteiger partial charge < -0.3 is 10.1 Å². The summed E-state index contributed by atoms with van der Waals surface area (Å²) in [6, 6.07) is 7.76. The molecule has 0 spiro atoms. The number of nitro benzene ring substituents is 1. The van der Waals surface area contributed by atoms with Gasteiger partial charge in [-0.1, -0.05) is 6.07 Å². The molecule has 1 amide bonds. The summed E-state index contributed by atoms with van der Waals surface area (Å²) in [6.07, 6.45) is 4.30. The van der Waals surface area contributed by atoms with Crippen LogP contribution in [0, 0.1) is 35.3 Å². The highest BCUT2D eigenvalue weighted by molar-refractivity contribution is 7.99. The van der Waals surface area contributed by atoms with Crippen LogP contribution in [-0.2, 0) is 9.53 Å². The Balaban J connectivity index is 1.90. The third kappa shape index (κ3) is 6.08. The number of carbonyl (C=O) groups is 2. The van der Waals surface area contributed by atoms with Gasteiger partial charge in [0.25, 0.3) is 11.6 Å². The molecule has 1 N–H and O–H groups in total. The van der Waals surface area contributed by atoms with Gasteiger partial charge in [-0.3, -0.25) is 14.9 Å². The minimum atomic E-state index is -0.752. The van der Waals surface area contributed by atoms with E-state index in [2.05, 4.69) is 15.3 Å². The summed E-state index contributed by atoms with van der Waals surface area (Å²) in [5, 5.41) is 24.4. The van der Waals surface area contributed by atoms with Crippen molar-refractivity contribution in [1.29, 1.82) is 5.26 Å². The molecule has 0 unspecified atom stereocenters. The highest BCUT2D eigenvalue weighted by atomic mass is 32.2. The maximum atomic E-state index is 12.8. The van der Waals surface area contributed by atoms with Crippen molar-refractivity contribution < 1.29 is 19.2 Å². The number of hydrogen-bond acceptors (Lipinski definition) is 10. The normalized spacial score (nSPS) is 11.0. The molecule has 2 aromatic heterocycles. The van der Waals surface area contributed by atoms with Gasteiger partial charge >= 0.3 is 5.97 Å². The summed E-state index contributed by atoms with van der Waals surface area (Å²) in [5.41, 5.74) is 0.691. The van der Waals surface area contributed by atoms with E-state index in [0.717, 1.165) is 16.6 Å². The van der Waals surface area contributed by atoms with E-state index in [1.165, 1.54) is 41.9 Å². The minimum Gasteiger partial charge on any atom is -0.462 e. The number of nitriles is 1. The topological polar surface area (TPSA) is 148 Å². The predicted octanol–water partition coefficient (Wildman–Crippen LogP) is 4.94. The number of carbonyl (C=O) groups excluding carboxylic acids is 2. The number of nitrogens with one attached hydrogen (secondary N) is 1. The molecule has 178 valence electrons. The van der Waals surface area contributed by atoms with E-state index >= 15 is 0 Å². The first-order chi connectivity index (χ1) is 16.7. The van der Waals surface area contributed by atoms with Crippen LogP contribution < -0.4 is 5.32 Å². The average molecular weight is 510 g/mol. The lowest BCUT2D eigenvalue weighted by Gasteiger charge is -2.07. The fourth-order valence-corrected chi connectivity index (χ4v) is 4.78. The lowest BCUT2D eigenvalue weighted by atomic mass is 10.1. The molecule has 12 heteroatoms. The summed E-state index contributed by atoms with van der Waals surface area (Å²) < 4.78 is 5.08. The van der Waals surface area contributed by atoms with Crippen LogP contribution in [0.25, 0.3) is 6.08 Å². The van der Waals surface area contributed by atoms with Crippen LogP contribution in [0.3, 0.4) is 0 Å². The van der Waals surface area contributed by atoms with Gasteiger partial charge in [0, 0.05) is 23.3 Å². The lowest BCUT2D eigenvalue weighted by molar-refractivity contribution is -0.387. The summed E-state index contributed by atoms with van der Waals surface area (Å²) in [6.45, 7) is 5.40. The molecule has 0 aliphatic carbocycles. The Kier molecular flexibility index (Phi) is 8.30. The van der Waals surface area contributed by atoms with Crippen molar-refractivity contribution in [3.63, 3.8) is 0 Å². The molecule has 0 bridgehead atoms. The SMILES string of the molecule is CCOC(=O)c1c(NC(=O)/C(C#N)=C\c2ccc(Sc3ncccn3)c([N+](=O)[O-])c2)sc(C)c1C. The molecular formula is C23H19N5O5S2. The smallest absolute Gasteiger partial charge is 0.341 e. The number of thiophene rings is 1. The highest BCUT2D eigenvalue weighted by Gasteiger charge is 2.23. The number of nitrogens with zero attached hydrogens (tertiary/aromatic N) is 4. The molecule has 35 heavy (non-hydrogen) atoms. The summed E-state index contributed by atoms with van der Waals surface area (Å²) >= 11 is 2.22. The van der Waals surface area contributed by atoms with Crippen molar-refractivity contribution in [2.24, 2.45) is 0 Å². The molecule has 0 radical (unpaired) electrons. The van der Waals surface area contributed by atoms with E-state index in [4.69, 9.17) is 4.74 Å². The van der Waals surface area contributed by atoms with Gasteiger partial charge in [0.2, 0.25) is 0 Å². The Morgan fingerprint density at radius 3 is 2.66 bits per heavy atom. The van der Waals surface area contributed by atoms with Crippen molar-refractivity contribution in [3.05, 3.63) is 73.9 Å². The first-order valence-corrected chi connectivity index (χ1v) is 11.8. The molecule has 0 saturated carbocycles. The van der Waals surface area contributed by atoms with Gasteiger partial charge in [0.1, 0.15) is 16.6 Å². The van der Waals surface area contributed by atoms with E-state index in [0.29, 0.717) is 15.6 Å². The van der Waals surface area contributed by atoms with Gasteiger partial charge in [0.15, 0.2) is 5.16 Å². The maximum absolute atomic E-state index is 12.8. The molecular weight excluding hydrogens is 490 g/mol. The molecule has 0 saturated heterocycles. The number of anilines is 1. The Labute approximate surface area is 208 Å². The van der Waals surface area contributed by atoms with Gasteiger partial charge in [0.05, 0.1) is 22.0 Å². The van der Waals surface area contributed by atoms with Gasteiger partial charge in [-0.25, -0.2) is 14.8 Å². The maximum Gasteiger partial charge on any atom is 0.341 e. The average Bonchev–Trinajstić information content (AvgIpc) is 3.11. The molecule has 3 aromatic rings. The first kappa shape index (κ1) is 25.5. The van der Waals surface area contributed by atoms with E-state index in [1.54, 1.807) is 32.9 Å². The van der Waals surface area contributed by atoms with Gasteiger partial charge in [-0.15, -0.1) is 11.3 Å². The second-order valence-electron chi connectivity index (χ2n) is 6.95. The fourth-order valence-electron chi connectivity index (χ4n) is 2.94. The molecule has 2 heterocycles. The molecule has 0 aliphatic heterocycles. The van der Waals surface area contributed by atoms with Crippen LogP contribution in [0.4, 0.5) is 10.7 Å². The van der Waals surface area contributed by atoms with Crippen molar-refractivity contribution in [2.75, 3.05) is 11.9 Å². The summed E-state index contributed by atoms with van der Waals surface area (Å²) in [4.78, 5) is 45.5. The van der Waals surface area contributed by atoms with Crippen LogP contribution in [0.15, 0.2) is 52.3 Å². The molecule has 10 nitrogen and oxygen atoms in total. The van der Waals surface area contributed by atoms with Crippen molar-refractivity contribution in [1.82, 2.24) is 9.97 Å². The van der Waals surface area contributed by atoms with Crippen molar-refractivity contribution in [2.45, 2.75) is 30.8 Å². The third-order valence-corrected chi connectivity index (χ3v) is 6.77. The van der Waals surface area contributed by atoms with Crippen LogP contribution in [-0.4, -0.2) is 33.4 Å². The second-order valence-corrected chi connectivity index (χ2v) is 9.18. The van der Waals surface area contributed by atoms with Crippen LogP contribution >= 0.6 is 23.1 Å². The Bertz CT molecular complexity index is 1360. The standard InChI is InChI=1S/C23H19N5O5S2/c1-4-33-22(30)19-13(2)14(3)34-21(19)27-20(29)16(12-24)10-15-6-7-18(17(11-15)28(31)32)35-23-25-8-5-9-26-23/h5-11H,4H2,1-3H3,(H,27,29)/b16-10-.